The van der Waals surface area contributed by atoms with Gasteiger partial charge in [-0.3, -0.25) is 0 Å². The molecule has 0 radical (unpaired) electrons. The van der Waals surface area contributed by atoms with Crippen LogP contribution < -0.4 is 0 Å². The van der Waals surface area contributed by atoms with Gasteiger partial charge in [0.25, 0.3) is 0 Å². The Kier molecular flexibility index (Phi) is 2.10. The first-order valence-electron chi connectivity index (χ1n) is 5.12. The van der Waals surface area contributed by atoms with Crippen molar-refractivity contribution in [2.45, 2.75) is 13.8 Å². The van der Waals surface area contributed by atoms with Gasteiger partial charge in [-0.2, -0.15) is 0 Å². The van der Waals surface area contributed by atoms with Gasteiger partial charge in [0, 0.05) is 11.9 Å². The Morgan fingerprint density at radius 2 is 1.81 bits per heavy atom. The summed E-state index contributed by atoms with van der Waals surface area (Å²) in [4.78, 5) is 2.54. The number of aromatic nitrogens is 1. The zero-order valence-corrected chi connectivity index (χ0v) is 11.1. The minimum absolute atomic E-state index is 1.16. The lowest BCUT2D eigenvalue weighted by Crippen LogP contribution is -1.83. The largest absolute Gasteiger partial charge is 0.342 e. The fourth-order valence-corrected chi connectivity index (χ4v) is 4.30. The third-order valence-electron chi connectivity index (χ3n) is 2.73. The molecule has 0 aliphatic carbocycles. The molecule has 0 atom stereocenters. The van der Waals surface area contributed by atoms with Crippen LogP contribution in [0.1, 0.15) is 16.7 Å². The molecule has 0 amide bonds. The molecular weight excluding hydrogens is 234 g/mol. The minimum Gasteiger partial charge on any atom is -0.342 e. The molecule has 3 heteroatoms. The van der Waals surface area contributed by atoms with Crippen LogP contribution in [0.4, 0.5) is 0 Å². The van der Waals surface area contributed by atoms with Crippen molar-refractivity contribution in [2.24, 2.45) is 7.05 Å². The zero-order chi connectivity index (χ0) is 11.3. The van der Waals surface area contributed by atoms with Gasteiger partial charge in [-0.25, -0.2) is 0 Å². The molecule has 0 bridgehead atoms. The first kappa shape index (κ1) is 9.95. The van der Waals surface area contributed by atoms with Crippen molar-refractivity contribution in [3.63, 3.8) is 0 Å². The fraction of sp³-hybridized carbons (Fsp3) is 0.231. The quantitative estimate of drug-likeness (QED) is 0.525. The Labute approximate surface area is 102 Å². The normalized spacial score (nSPS) is 10.9. The number of fused-ring (bicyclic) bond motifs is 3. The van der Waals surface area contributed by atoms with Gasteiger partial charge in [0.15, 0.2) is 0 Å². The number of aryl methyl sites for hydroxylation is 2. The number of hydrogen-bond donors (Lipinski definition) is 0. The monoisotopic (exact) mass is 245 g/mol. The summed E-state index contributed by atoms with van der Waals surface area (Å²) in [6.07, 6.45) is 0. The molecule has 0 spiro atoms. The number of thiophene rings is 2. The summed E-state index contributed by atoms with van der Waals surface area (Å²) in [6, 6.07) is 4.45. The van der Waals surface area contributed by atoms with Gasteiger partial charge in [-0.05, 0) is 26.0 Å². The van der Waals surface area contributed by atoms with Gasteiger partial charge < -0.3 is 4.57 Å². The molecular formula is C13H11NS2. The molecule has 1 nitrogen and oxygen atoms in total. The Hall–Kier alpha value is -1.24. The van der Waals surface area contributed by atoms with Crippen molar-refractivity contribution in [1.29, 1.82) is 0 Å². The highest BCUT2D eigenvalue weighted by atomic mass is 32.1. The van der Waals surface area contributed by atoms with Crippen molar-refractivity contribution in [2.75, 3.05) is 0 Å². The highest BCUT2D eigenvalue weighted by molar-refractivity contribution is 7.27. The topological polar surface area (TPSA) is 4.93 Å². The molecule has 3 heterocycles. The third kappa shape index (κ3) is 1.24. The molecule has 0 aliphatic heterocycles. The molecule has 80 valence electrons. The van der Waals surface area contributed by atoms with Crippen LogP contribution in [0, 0.1) is 18.8 Å². The second-order valence-corrected chi connectivity index (χ2v) is 6.14. The lowest BCUT2D eigenvalue weighted by atomic mass is 10.4. The summed E-state index contributed by atoms with van der Waals surface area (Å²) in [7, 11) is 2.13. The predicted octanol–water partition coefficient (Wildman–Crippen LogP) is 4.13. The third-order valence-corrected chi connectivity index (χ3v) is 4.97. The Bertz CT molecular complexity index is 743. The molecule has 3 rings (SSSR count). The van der Waals surface area contributed by atoms with E-state index in [1.807, 2.05) is 18.3 Å². The van der Waals surface area contributed by atoms with Gasteiger partial charge >= 0.3 is 0 Å². The molecule has 3 aromatic heterocycles. The number of nitrogens with zero attached hydrogens (tertiary/aromatic N) is 1. The average molecular weight is 245 g/mol. The van der Waals surface area contributed by atoms with Crippen LogP contribution in [-0.2, 0) is 7.05 Å². The lowest BCUT2D eigenvalue weighted by Gasteiger charge is -1.91. The van der Waals surface area contributed by atoms with Gasteiger partial charge in [0.1, 0.15) is 0 Å². The van der Waals surface area contributed by atoms with E-state index in [9.17, 15) is 0 Å². The van der Waals surface area contributed by atoms with E-state index >= 15 is 0 Å². The van der Waals surface area contributed by atoms with Gasteiger partial charge in [0.2, 0.25) is 0 Å². The molecule has 0 aromatic carbocycles. The molecule has 0 fully saturated rings. The molecule has 0 unspecified atom stereocenters. The lowest BCUT2D eigenvalue weighted by molar-refractivity contribution is 1.02. The Morgan fingerprint density at radius 3 is 2.56 bits per heavy atom. The molecule has 3 aromatic rings. The summed E-state index contributed by atoms with van der Waals surface area (Å²) in [6.45, 7) is 4.05. The maximum Gasteiger partial charge on any atom is 0.0796 e. The first-order valence-corrected chi connectivity index (χ1v) is 6.75. The molecule has 0 N–H and O–H groups in total. The second kappa shape index (κ2) is 3.38. The van der Waals surface area contributed by atoms with E-state index in [1.54, 1.807) is 11.3 Å². The average Bonchev–Trinajstić information content (AvgIpc) is 2.85. The Morgan fingerprint density at radius 1 is 1.12 bits per heavy atom. The predicted molar refractivity (Wildman–Crippen MR) is 73.5 cm³/mol. The van der Waals surface area contributed by atoms with Crippen LogP contribution in [0.2, 0.25) is 0 Å². The van der Waals surface area contributed by atoms with Crippen LogP contribution in [0.5, 0.6) is 0 Å². The van der Waals surface area contributed by atoms with E-state index in [2.05, 4.69) is 42.5 Å². The van der Waals surface area contributed by atoms with Crippen LogP contribution in [0.3, 0.4) is 0 Å². The number of rotatable bonds is 0. The van der Waals surface area contributed by atoms with Crippen LogP contribution in [0.15, 0.2) is 12.1 Å². The van der Waals surface area contributed by atoms with Gasteiger partial charge in [-0.1, -0.05) is 5.92 Å². The summed E-state index contributed by atoms with van der Waals surface area (Å²) >= 11 is 3.68. The van der Waals surface area contributed by atoms with Crippen LogP contribution in [0.25, 0.3) is 20.4 Å². The van der Waals surface area contributed by atoms with Crippen molar-refractivity contribution < 1.29 is 0 Å². The maximum atomic E-state index is 3.14. The smallest absolute Gasteiger partial charge is 0.0796 e. The first-order chi connectivity index (χ1) is 7.70. The SMILES string of the molecule is CC#Cc1cc2c(s1)c1sc(C)cc1n2C. The Balaban J connectivity index is 2.45. The van der Waals surface area contributed by atoms with Crippen LogP contribution in [-0.4, -0.2) is 4.57 Å². The van der Waals surface area contributed by atoms with E-state index in [-0.39, 0.29) is 0 Å². The van der Waals surface area contributed by atoms with E-state index in [0.29, 0.717) is 0 Å². The molecule has 16 heavy (non-hydrogen) atoms. The van der Waals surface area contributed by atoms with E-state index in [0.717, 1.165) is 4.88 Å². The highest BCUT2D eigenvalue weighted by Crippen LogP contribution is 2.39. The highest BCUT2D eigenvalue weighted by Gasteiger charge is 2.13. The molecule has 0 saturated heterocycles. The van der Waals surface area contributed by atoms with Crippen molar-refractivity contribution >= 4 is 43.1 Å². The molecule has 0 saturated carbocycles. The van der Waals surface area contributed by atoms with Gasteiger partial charge in [0.05, 0.1) is 25.3 Å². The summed E-state index contributed by atoms with van der Waals surface area (Å²) in [5.41, 5.74) is 2.66. The number of hydrogen-bond acceptors (Lipinski definition) is 2. The van der Waals surface area contributed by atoms with E-state index in [1.165, 1.54) is 25.3 Å². The zero-order valence-electron chi connectivity index (χ0n) is 9.42. The molecule has 0 aliphatic rings. The fourth-order valence-electron chi connectivity index (χ4n) is 2.02. The van der Waals surface area contributed by atoms with E-state index in [4.69, 9.17) is 0 Å². The second-order valence-electron chi connectivity index (χ2n) is 3.83. The standard InChI is InChI=1S/C13H11NS2/c1-4-5-9-7-11-13(16-9)12-10(14(11)3)6-8(2)15-12/h6-7H,1-3H3. The van der Waals surface area contributed by atoms with Crippen molar-refractivity contribution in [3.8, 4) is 11.8 Å². The van der Waals surface area contributed by atoms with Gasteiger partial charge in [-0.15, -0.1) is 28.6 Å². The van der Waals surface area contributed by atoms with Crippen LogP contribution >= 0.6 is 22.7 Å². The van der Waals surface area contributed by atoms with E-state index < -0.39 is 0 Å². The maximum absolute atomic E-state index is 3.14. The van der Waals surface area contributed by atoms with Crippen molar-refractivity contribution in [3.05, 3.63) is 21.9 Å². The summed E-state index contributed by atoms with van der Waals surface area (Å²) in [5, 5.41) is 0. The minimum atomic E-state index is 1.16. The summed E-state index contributed by atoms with van der Waals surface area (Å²) < 4.78 is 5.06. The van der Waals surface area contributed by atoms with Crippen molar-refractivity contribution in [1.82, 2.24) is 4.57 Å². The summed E-state index contributed by atoms with van der Waals surface area (Å²) in [5.74, 6) is 6.10.